The molecular weight excluding hydrogens is 289 g/mol. The molecule has 23 heavy (non-hydrogen) atoms. The van der Waals surface area contributed by atoms with E-state index in [0.29, 0.717) is 5.92 Å². The first-order valence-corrected chi connectivity index (χ1v) is 8.00. The number of hydrogen-bond donors (Lipinski definition) is 2. The van der Waals surface area contributed by atoms with Crippen molar-refractivity contribution in [3.63, 3.8) is 0 Å². The van der Waals surface area contributed by atoms with Gasteiger partial charge in [0.1, 0.15) is 11.6 Å². The summed E-state index contributed by atoms with van der Waals surface area (Å²) >= 11 is 0. The fourth-order valence-corrected chi connectivity index (χ4v) is 2.85. The number of aromatic nitrogens is 2. The molecule has 0 saturated carbocycles. The summed E-state index contributed by atoms with van der Waals surface area (Å²) in [7, 11) is 0. The molecule has 3 nitrogen and oxygen atoms in total. The maximum absolute atomic E-state index is 13.4. The lowest BCUT2D eigenvalue weighted by atomic mass is 10.0. The van der Waals surface area contributed by atoms with Crippen molar-refractivity contribution in [1.82, 2.24) is 15.3 Å². The Bertz CT molecular complexity index is 761. The monoisotopic (exact) mass is 311 g/mol. The predicted molar refractivity (Wildman–Crippen MR) is 91.6 cm³/mol. The second kappa shape index (κ2) is 6.50. The summed E-state index contributed by atoms with van der Waals surface area (Å²) in [4.78, 5) is 8.10. The van der Waals surface area contributed by atoms with Gasteiger partial charge in [0.15, 0.2) is 0 Å². The fourth-order valence-electron chi connectivity index (χ4n) is 2.85. The lowest BCUT2D eigenvalue weighted by Crippen LogP contribution is -2.29. The summed E-state index contributed by atoms with van der Waals surface area (Å²) in [5, 5.41) is 3.58. The van der Waals surface area contributed by atoms with Gasteiger partial charge in [-0.1, -0.05) is 38.1 Å². The molecule has 2 atom stereocenters. The summed E-state index contributed by atoms with van der Waals surface area (Å²) in [6.07, 6.45) is 0. The third-order valence-electron chi connectivity index (χ3n) is 4.15. The number of nitrogens with zero attached hydrogens (tertiary/aromatic N) is 1. The number of imidazole rings is 1. The van der Waals surface area contributed by atoms with Gasteiger partial charge in [-0.25, -0.2) is 9.37 Å². The van der Waals surface area contributed by atoms with Crippen molar-refractivity contribution < 1.29 is 4.39 Å². The maximum atomic E-state index is 13.4. The number of benzene rings is 2. The Morgan fingerprint density at radius 1 is 1.04 bits per heavy atom. The molecule has 2 N–H and O–H groups in total. The Balaban J connectivity index is 1.87. The molecule has 120 valence electrons. The number of halogens is 1. The van der Waals surface area contributed by atoms with Crippen LogP contribution < -0.4 is 5.32 Å². The average molecular weight is 311 g/mol. The van der Waals surface area contributed by atoms with Gasteiger partial charge in [0.05, 0.1) is 17.1 Å². The molecule has 3 rings (SSSR count). The van der Waals surface area contributed by atoms with E-state index in [4.69, 9.17) is 4.98 Å². The van der Waals surface area contributed by atoms with Gasteiger partial charge < -0.3 is 10.3 Å². The van der Waals surface area contributed by atoms with E-state index in [9.17, 15) is 4.39 Å². The average Bonchev–Trinajstić information content (AvgIpc) is 2.95. The first kappa shape index (κ1) is 15.7. The molecule has 0 fully saturated rings. The van der Waals surface area contributed by atoms with Gasteiger partial charge in [-0.2, -0.15) is 0 Å². The van der Waals surface area contributed by atoms with E-state index >= 15 is 0 Å². The van der Waals surface area contributed by atoms with Gasteiger partial charge in [-0.3, -0.25) is 0 Å². The number of hydrogen-bond acceptors (Lipinski definition) is 2. The summed E-state index contributed by atoms with van der Waals surface area (Å²) < 4.78 is 13.4. The van der Waals surface area contributed by atoms with Crippen LogP contribution in [0.1, 0.15) is 44.2 Å². The van der Waals surface area contributed by atoms with Crippen LogP contribution in [0.3, 0.4) is 0 Å². The minimum absolute atomic E-state index is 0.0336. The highest BCUT2D eigenvalue weighted by Gasteiger charge is 2.22. The minimum Gasteiger partial charge on any atom is -0.341 e. The second-order valence-electron chi connectivity index (χ2n) is 6.30. The Morgan fingerprint density at radius 3 is 2.52 bits per heavy atom. The van der Waals surface area contributed by atoms with Crippen molar-refractivity contribution in [2.45, 2.75) is 32.9 Å². The molecule has 0 amide bonds. The van der Waals surface area contributed by atoms with E-state index in [1.54, 1.807) is 12.1 Å². The summed E-state index contributed by atoms with van der Waals surface area (Å²) in [6.45, 7) is 6.36. The van der Waals surface area contributed by atoms with E-state index in [1.165, 1.54) is 6.07 Å². The van der Waals surface area contributed by atoms with Gasteiger partial charge in [0.2, 0.25) is 0 Å². The molecule has 1 aromatic heterocycles. The minimum atomic E-state index is -0.207. The Hall–Kier alpha value is -2.20. The summed E-state index contributed by atoms with van der Waals surface area (Å²) in [5.74, 6) is 1.07. The molecule has 0 aliphatic rings. The number of nitrogens with one attached hydrogen (secondary N) is 2. The number of H-pyrrole nitrogens is 1. The van der Waals surface area contributed by atoms with Crippen LogP contribution >= 0.6 is 0 Å². The molecule has 0 aliphatic carbocycles. The van der Waals surface area contributed by atoms with E-state index in [0.717, 1.165) is 22.4 Å². The zero-order valence-electron chi connectivity index (χ0n) is 13.7. The normalized spacial score (nSPS) is 14.3. The van der Waals surface area contributed by atoms with Crippen LogP contribution in [0.4, 0.5) is 4.39 Å². The first-order chi connectivity index (χ1) is 11.0. The van der Waals surface area contributed by atoms with Gasteiger partial charge in [0, 0.05) is 6.04 Å². The number of rotatable bonds is 5. The van der Waals surface area contributed by atoms with Crippen LogP contribution in [-0.4, -0.2) is 9.97 Å². The van der Waals surface area contributed by atoms with Crippen LogP contribution in [0.5, 0.6) is 0 Å². The van der Waals surface area contributed by atoms with Gasteiger partial charge in [-0.05, 0) is 42.7 Å². The quantitative estimate of drug-likeness (QED) is 0.714. The maximum Gasteiger partial charge on any atom is 0.124 e. The zero-order chi connectivity index (χ0) is 16.4. The lowest BCUT2D eigenvalue weighted by molar-refractivity contribution is 0.361. The molecule has 0 spiro atoms. The molecule has 1 heterocycles. The third-order valence-corrected chi connectivity index (χ3v) is 4.15. The van der Waals surface area contributed by atoms with E-state index in [1.807, 2.05) is 37.3 Å². The molecule has 4 heteroatoms. The molecule has 0 aliphatic heterocycles. The van der Waals surface area contributed by atoms with Gasteiger partial charge in [0.25, 0.3) is 0 Å². The van der Waals surface area contributed by atoms with E-state index in [-0.39, 0.29) is 17.9 Å². The Kier molecular flexibility index (Phi) is 4.44. The summed E-state index contributed by atoms with van der Waals surface area (Å²) in [6, 6.07) is 14.8. The highest BCUT2D eigenvalue weighted by atomic mass is 19.1. The first-order valence-electron chi connectivity index (χ1n) is 8.00. The Labute approximate surface area is 136 Å². The number of fused-ring (bicyclic) bond motifs is 1. The molecule has 0 saturated heterocycles. The van der Waals surface area contributed by atoms with Crippen molar-refractivity contribution >= 4 is 11.0 Å². The van der Waals surface area contributed by atoms with Crippen molar-refractivity contribution in [3.05, 3.63) is 65.7 Å². The Morgan fingerprint density at radius 2 is 1.83 bits per heavy atom. The summed E-state index contributed by atoms with van der Waals surface area (Å²) in [5.41, 5.74) is 2.94. The lowest BCUT2D eigenvalue weighted by Gasteiger charge is -2.25. The van der Waals surface area contributed by atoms with Crippen LogP contribution in [0.15, 0.2) is 48.5 Å². The van der Waals surface area contributed by atoms with Crippen LogP contribution in [-0.2, 0) is 0 Å². The van der Waals surface area contributed by atoms with Crippen LogP contribution in [0.2, 0.25) is 0 Å². The third kappa shape index (κ3) is 3.42. The second-order valence-corrected chi connectivity index (χ2v) is 6.30. The van der Waals surface area contributed by atoms with Crippen molar-refractivity contribution in [3.8, 4) is 0 Å². The molecule has 2 aromatic carbocycles. The molecule has 0 bridgehead atoms. The molecule has 0 unspecified atom stereocenters. The largest absolute Gasteiger partial charge is 0.341 e. The van der Waals surface area contributed by atoms with Crippen LogP contribution in [0, 0.1) is 11.7 Å². The number of para-hydroxylation sites is 2. The van der Waals surface area contributed by atoms with Gasteiger partial charge in [-0.15, -0.1) is 0 Å². The molecular formula is C19H22FN3. The van der Waals surface area contributed by atoms with Crippen molar-refractivity contribution in [2.75, 3.05) is 0 Å². The smallest absolute Gasteiger partial charge is 0.124 e. The van der Waals surface area contributed by atoms with Gasteiger partial charge >= 0.3 is 0 Å². The topological polar surface area (TPSA) is 40.7 Å². The van der Waals surface area contributed by atoms with E-state index < -0.39 is 0 Å². The van der Waals surface area contributed by atoms with E-state index in [2.05, 4.69) is 24.1 Å². The fraction of sp³-hybridized carbons (Fsp3) is 0.316. The van der Waals surface area contributed by atoms with Crippen molar-refractivity contribution in [1.29, 1.82) is 0 Å². The predicted octanol–water partition coefficient (Wildman–Crippen LogP) is 4.75. The molecule has 3 aromatic rings. The standard InChI is InChI=1S/C19H22FN3/c1-12(2)18(19-22-16-9-4-5-10-17(16)23-19)21-13(3)14-7-6-8-15(20)11-14/h4-13,18,21H,1-3H3,(H,22,23)/t13-,18+/m0/s1. The highest BCUT2D eigenvalue weighted by molar-refractivity contribution is 5.74. The van der Waals surface area contributed by atoms with Crippen molar-refractivity contribution in [2.24, 2.45) is 5.92 Å². The molecule has 0 radical (unpaired) electrons. The SMILES string of the molecule is CC(C)[C@@H](N[C@@H](C)c1cccc(F)c1)c1nc2ccccc2[nH]1. The highest BCUT2D eigenvalue weighted by Crippen LogP contribution is 2.26. The van der Waals surface area contributed by atoms with Crippen LogP contribution in [0.25, 0.3) is 11.0 Å². The zero-order valence-corrected chi connectivity index (χ0v) is 13.7. The number of aromatic amines is 1.